The molecule has 29 heavy (non-hydrogen) atoms. The van der Waals surface area contributed by atoms with E-state index in [4.69, 9.17) is 4.74 Å². The third-order valence-electron chi connectivity index (χ3n) is 5.21. The Bertz CT molecular complexity index is 780. The molecule has 8 heteroatoms. The first-order valence-electron chi connectivity index (χ1n) is 10.2. The van der Waals surface area contributed by atoms with Gasteiger partial charge in [-0.1, -0.05) is 19.1 Å². The van der Waals surface area contributed by atoms with Crippen LogP contribution in [0.15, 0.2) is 40.9 Å². The molecule has 2 aliphatic heterocycles. The fourth-order valence-electron chi connectivity index (χ4n) is 3.41. The van der Waals surface area contributed by atoms with Gasteiger partial charge in [0.05, 0.1) is 18.4 Å². The van der Waals surface area contributed by atoms with Gasteiger partial charge in [-0.2, -0.15) is 4.99 Å². The number of halogens is 1. The van der Waals surface area contributed by atoms with Crippen molar-refractivity contribution in [2.75, 3.05) is 0 Å². The number of ether oxygens (including phenoxy) is 1. The third kappa shape index (κ3) is 5.62. The maximum atomic E-state index is 13.2. The Morgan fingerprint density at radius 1 is 1.31 bits per heavy atom. The first kappa shape index (κ1) is 21.4. The lowest BCUT2D eigenvalue weighted by molar-refractivity contribution is -0.115. The van der Waals surface area contributed by atoms with Crippen LogP contribution in [0.2, 0.25) is 0 Å². The highest BCUT2D eigenvalue weighted by molar-refractivity contribution is 6.03. The Morgan fingerprint density at radius 2 is 2.03 bits per heavy atom. The number of nitrogens with one attached hydrogen (secondary N) is 4. The quantitative estimate of drug-likeness (QED) is 0.446. The van der Waals surface area contributed by atoms with Crippen molar-refractivity contribution in [3.05, 3.63) is 47.3 Å². The maximum absolute atomic E-state index is 13.2. The van der Waals surface area contributed by atoms with Crippen LogP contribution in [-0.4, -0.2) is 36.3 Å². The Labute approximate surface area is 171 Å². The van der Waals surface area contributed by atoms with Crippen LogP contribution in [0.1, 0.15) is 52.1 Å². The van der Waals surface area contributed by atoms with Gasteiger partial charge in [0.1, 0.15) is 5.82 Å². The molecule has 2 aliphatic rings. The topological polar surface area (TPSA) is 86.8 Å². The molecule has 0 saturated carbocycles. The SMILES string of the molecule is CCC(C)N/C(=N/C(=O)C1=CC(C)OC1C)NC1CC(c2ccc(F)cc2)NN1. The zero-order valence-electron chi connectivity index (χ0n) is 17.3. The van der Waals surface area contributed by atoms with Crippen LogP contribution in [0, 0.1) is 5.82 Å². The smallest absolute Gasteiger partial charge is 0.278 e. The fraction of sp³-hybridized carbons (Fsp3) is 0.524. The minimum atomic E-state index is -0.304. The van der Waals surface area contributed by atoms with Gasteiger partial charge >= 0.3 is 0 Å². The number of nitrogens with zero attached hydrogens (tertiary/aromatic N) is 1. The summed E-state index contributed by atoms with van der Waals surface area (Å²) in [5.74, 6) is -0.133. The Balaban J connectivity index is 1.68. The summed E-state index contributed by atoms with van der Waals surface area (Å²) in [5.41, 5.74) is 7.94. The monoisotopic (exact) mass is 403 g/mol. The number of amides is 1. The van der Waals surface area contributed by atoms with Crippen LogP contribution in [-0.2, 0) is 9.53 Å². The fourth-order valence-corrected chi connectivity index (χ4v) is 3.41. The molecule has 1 aromatic rings. The Kier molecular flexibility index (Phi) is 7.00. The highest BCUT2D eigenvalue weighted by Gasteiger charge is 2.28. The highest BCUT2D eigenvalue weighted by atomic mass is 19.1. The van der Waals surface area contributed by atoms with Gasteiger partial charge in [-0.25, -0.2) is 15.2 Å². The van der Waals surface area contributed by atoms with Gasteiger partial charge in [-0.3, -0.25) is 4.79 Å². The first-order valence-corrected chi connectivity index (χ1v) is 10.2. The van der Waals surface area contributed by atoms with Gasteiger partial charge < -0.3 is 15.4 Å². The molecule has 2 heterocycles. The van der Waals surface area contributed by atoms with Gasteiger partial charge in [0.25, 0.3) is 5.91 Å². The molecule has 0 aliphatic carbocycles. The molecule has 5 unspecified atom stereocenters. The zero-order chi connectivity index (χ0) is 21.0. The second kappa shape index (κ2) is 9.47. The van der Waals surface area contributed by atoms with E-state index in [1.165, 1.54) is 12.1 Å². The summed E-state index contributed by atoms with van der Waals surface area (Å²) in [5, 5.41) is 6.54. The van der Waals surface area contributed by atoms with Crippen LogP contribution >= 0.6 is 0 Å². The van der Waals surface area contributed by atoms with Crippen molar-refractivity contribution in [3.63, 3.8) is 0 Å². The number of hydrazine groups is 1. The van der Waals surface area contributed by atoms with Gasteiger partial charge in [0.15, 0.2) is 0 Å². The maximum Gasteiger partial charge on any atom is 0.278 e. The van der Waals surface area contributed by atoms with Crippen molar-refractivity contribution in [2.45, 2.75) is 71.0 Å². The summed E-state index contributed by atoms with van der Waals surface area (Å²) in [4.78, 5) is 17.0. The van der Waals surface area contributed by atoms with E-state index in [0.29, 0.717) is 18.0 Å². The number of carbonyl (C=O) groups excluding carboxylic acids is 1. The molecule has 0 bridgehead atoms. The van der Waals surface area contributed by atoms with Gasteiger partial charge in [0, 0.05) is 24.1 Å². The summed E-state index contributed by atoms with van der Waals surface area (Å²) in [6.45, 7) is 7.86. The lowest BCUT2D eigenvalue weighted by Crippen LogP contribution is -2.51. The second-order valence-corrected chi connectivity index (χ2v) is 7.65. The van der Waals surface area contributed by atoms with E-state index in [2.05, 4.69) is 33.4 Å². The standard InChI is InChI=1S/C21H30FN5O2/c1-5-12(2)23-21(25-20(28)17-10-13(3)29-14(17)4)24-19-11-18(26-27-19)15-6-8-16(22)9-7-15/h6-10,12-14,18-19,26-27H,5,11H2,1-4H3,(H2,23,24,25,28). The van der Waals surface area contributed by atoms with E-state index in [1.54, 1.807) is 12.1 Å². The van der Waals surface area contributed by atoms with Crippen molar-refractivity contribution in [2.24, 2.45) is 4.99 Å². The summed E-state index contributed by atoms with van der Waals surface area (Å²) < 4.78 is 18.8. The molecule has 4 N–H and O–H groups in total. The van der Waals surface area contributed by atoms with Crippen molar-refractivity contribution in [1.82, 2.24) is 21.5 Å². The summed E-state index contributed by atoms with van der Waals surface area (Å²) in [6, 6.07) is 6.62. The highest BCUT2D eigenvalue weighted by Crippen LogP contribution is 2.22. The molecule has 0 radical (unpaired) electrons. The van der Waals surface area contributed by atoms with Gasteiger partial charge in [-0.15, -0.1) is 0 Å². The van der Waals surface area contributed by atoms with Gasteiger partial charge in [-0.05, 0) is 51.0 Å². The lowest BCUT2D eigenvalue weighted by Gasteiger charge is -2.20. The molecule has 158 valence electrons. The van der Waals surface area contributed by atoms with E-state index < -0.39 is 0 Å². The van der Waals surface area contributed by atoms with Gasteiger partial charge in [0.2, 0.25) is 5.96 Å². The molecule has 5 atom stereocenters. The molecular formula is C21H30FN5O2. The number of rotatable bonds is 5. The summed E-state index contributed by atoms with van der Waals surface area (Å²) in [7, 11) is 0. The average molecular weight is 404 g/mol. The van der Waals surface area contributed by atoms with E-state index in [-0.39, 0.29) is 42.2 Å². The van der Waals surface area contributed by atoms with Crippen LogP contribution < -0.4 is 21.5 Å². The predicted octanol–water partition coefficient (Wildman–Crippen LogP) is 2.28. The Hall–Kier alpha value is -2.29. The molecule has 1 amide bonds. The van der Waals surface area contributed by atoms with Crippen molar-refractivity contribution in [3.8, 4) is 0 Å². The largest absolute Gasteiger partial charge is 0.367 e. The molecule has 0 spiro atoms. The van der Waals surface area contributed by atoms with Crippen molar-refractivity contribution >= 4 is 11.9 Å². The van der Waals surface area contributed by atoms with Crippen LogP contribution in [0.5, 0.6) is 0 Å². The molecule has 0 aromatic heterocycles. The minimum absolute atomic E-state index is 0.0282. The summed E-state index contributed by atoms with van der Waals surface area (Å²) in [6.07, 6.45) is 2.93. The van der Waals surface area contributed by atoms with Crippen molar-refractivity contribution < 1.29 is 13.9 Å². The lowest BCUT2D eigenvalue weighted by atomic mass is 10.0. The number of hydrogen-bond donors (Lipinski definition) is 4. The van der Waals surface area contributed by atoms with Crippen LogP contribution in [0.3, 0.4) is 0 Å². The van der Waals surface area contributed by atoms with Crippen LogP contribution in [0.4, 0.5) is 4.39 Å². The molecule has 3 rings (SSSR count). The second-order valence-electron chi connectivity index (χ2n) is 7.65. The normalized spacial score (nSPS) is 28.2. The number of aliphatic imine (C=N–C) groups is 1. The predicted molar refractivity (Wildman–Crippen MR) is 110 cm³/mol. The first-order chi connectivity index (χ1) is 13.9. The molecule has 1 saturated heterocycles. The number of carbonyl (C=O) groups is 1. The van der Waals surface area contributed by atoms with E-state index in [1.807, 2.05) is 26.8 Å². The van der Waals surface area contributed by atoms with E-state index >= 15 is 0 Å². The van der Waals surface area contributed by atoms with Crippen molar-refractivity contribution in [1.29, 1.82) is 0 Å². The number of hydrogen-bond acceptors (Lipinski definition) is 4. The zero-order valence-corrected chi connectivity index (χ0v) is 17.3. The summed E-state index contributed by atoms with van der Waals surface area (Å²) >= 11 is 0. The van der Waals surface area contributed by atoms with E-state index in [9.17, 15) is 9.18 Å². The Morgan fingerprint density at radius 3 is 2.66 bits per heavy atom. The molecule has 7 nitrogen and oxygen atoms in total. The molecule has 1 fully saturated rings. The minimum Gasteiger partial charge on any atom is -0.367 e. The third-order valence-corrected chi connectivity index (χ3v) is 5.21. The molecular weight excluding hydrogens is 373 g/mol. The molecule has 1 aromatic carbocycles. The van der Waals surface area contributed by atoms with Crippen LogP contribution in [0.25, 0.3) is 0 Å². The van der Waals surface area contributed by atoms with E-state index in [0.717, 1.165) is 12.0 Å². The number of benzene rings is 1. The number of guanidine groups is 1. The average Bonchev–Trinajstić information content (AvgIpc) is 3.28.